The lowest BCUT2D eigenvalue weighted by atomic mass is 10.1. The summed E-state index contributed by atoms with van der Waals surface area (Å²) in [5.74, 6) is 1.39. The normalized spacial score (nSPS) is 12.2. The van der Waals surface area contributed by atoms with Gasteiger partial charge in [-0.2, -0.15) is 0 Å². The first kappa shape index (κ1) is 19.2. The Kier molecular flexibility index (Phi) is 5.05. The number of rotatable bonds is 6. The highest BCUT2D eigenvalue weighted by Crippen LogP contribution is 2.31. The molecule has 9 heteroatoms. The number of nitrogens with one attached hydrogen (secondary N) is 3. The number of aromatic nitrogens is 6. The summed E-state index contributed by atoms with van der Waals surface area (Å²) in [6.07, 6.45) is 4.89. The molecule has 8 nitrogen and oxygen atoms in total. The van der Waals surface area contributed by atoms with E-state index in [9.17, 15) is 0 Å². The van der Waals surface area contributed by atoms with Gasteiger partial charge in [-0.15, -0.1) is 0 Å². The number of aromatic amines is 1. The van der Waals surface area contributed by atoms with Crippen LogP contribution in [0, 0.1) is 0 Å². The van der Waals surface area contributed by atoms with Gasteiger partial charge in [0.1, 0.15) is 17.7 Å². The van der Waals surface area contributed by atoms with Crippen molar-refractivity contribution < 1.29 is 0 Å². The zero-order valence-electron chi connectivity index (χ0n) is 16.7. The fourth-order valence-electron chi connectivity index (χ4n) is 3.48. The molecule has 0 amide bonds. The van der Waals surface area contributed by atoms with E-state index in [0.29, 0.717) is 28.5 Å². The molecule has 0 aliphatic carbocycles. The maximum absolute atomic E-state index is 6.41. The summed E-state index contributed by atoms with van der Waals surface area (Å²) in [4.78, 5) is 25.1. The van der Waals surface area contributed by atoms with Crippen molar-refractivity contribution in [1.29, 1.82) is 0 Å². The summed E-state index contributed by atoms with van der Waals surface area (Å²) < 4.78 is 0. The SMILES string of the molecule is CC(Nc1ncnc2[nH]cnc12)c1cc2cccc(Cl)c2nc1NCc1ccccn1. The molecule has 1 unspecified atom stereocenters. The van der Waals surface area contributed by atoms with Gasteiger partial charge in [0.2, 0.25) is 0 Å². The van der Waals surface area contributed by atoms with Gasteiger partial charge in [0, 0.05) is 17.1 Å². The van der Waals surface area contributed by atoms with Gasteiger partial charge in [-0.25, -0.2) is 19.9 Å². The largest absolute Gasteiger partial charge is 0.364 e. The van der Waals surface area contributed by atoms with Gasteiger partial charge in [0.15, 0.2) is 11.5 Å². The zero-order chi connectivity index (χ0) is 21.2. The number of anilines is 2. The van der Waals surface area contributed by atoms with Gasteiger partial charge < -0.3 is 15.6 Å². The Morgan fingerprint density at radius 3 is 2.81 bits per heavy atom. The number of hydrogen-bond donors (Lipinski definition) is 3. The molecule has 1 aromatic carbocycles. The Balaban J connectivity index is 1.52. The van der Waals surface area contributed by atoms with Crippen molar-refractivity contribution in [2.24, 2.45) is 0 Å². The second-order valence-electron chi connectivity index (χ2n) is 7.10. The standard InChI is InChI=1S/C22H19ClN8/c1-13(30-22-19-21(27-11-26-19)28-12-29-22)16-9-14-5-4-7-17(23)18(14)31-20(16)25-10-15-6-2-3-8-24-15/h2-9,11-13H,10H2,1H3,(H,25,31)(H2,26,27,28,29,30). The molecule has 0 bridgehead atoms. The summed E-state index contributed by atoms with van der Waals surface area (Å²) in [5.41, 5.74) is 4.02. The predicted molar refractivity (Wildman–Crippen MR) is 122 cm³/mol. The van der Waals surface area contributed by atoms with Crippen molar-refractivity contribution in [3.63, 3.8) is 0 Å². The van der Waals surface area contributed by atoms with E-state index in [1.807, 2.05) is 36.4 Å². The highest BCUT2D eigenvalue weighted by molar-refractivity contribution is 6.35. The second-order valence-corrected chi connectivity index (χ2v) is 7.51. The molecule has 5 rings (SSSR count). The molecule has 4 heterocycles. The molecule has 0 spiro atoms. The summed E-state index contributed by atoms with van der Waals surface area (Å²) in [5, 5.41) is 8.44. The lowest BCUT2D eigenvalue weighted by Gasteiger charge is -2.20. The number of fused-ring (bicyclic) bond motifs is 2. The fraction of sp³-hybridized carbons (Fsp3) is 0.136. The first-order chi connectivity index (χ1) is 15.2. The van der Waals surface area contributed by atoms with Crippen LogP contribution in [0.2, 0.25) is 5.02 Å². The molecule has 0 saturated heterocycles. The van der Waals surface area contributed by atoms with Crippen LogP contribution < -0.4 is 10.6 Å². The van der Waals surface area contributed by atoms with E-state index >= 15 is 0 Å². The van der Waals surface area contributed by atoms with E-state index in [4.69, 9.17) is 16.6 Å². The molecule has 1 atom stereocenters. The Labute approximate surface area is 183 Å². The van der Waals surface area contributed by atoms with E-state index in [1.165, 1.54) is 6.33 Å². The van der Waals surface area contributed by atoms with Gasteiger partial charge in [0.05, 0.1) is 35.1 Å². The highest BCUT2D eigenvalue weighted by atomic mass is 35.5. The van der Waals surface area contributed by atoms with Crippen LogP contribution in [0.25, 0.3) is 22.1 Å². The fourth-order valence-corrected chi connectivity index (χ4v) is 3.70. The van der Waals surface area contributed by atoms with E-state index in [1.54, 1.807) is 12.5 Å². The third-order valence-corrected chi connectivity index (χ3v) is 5.33. The average Bonchev–Trinajstić information content (AvgIpc) is 3.28. The smallest absolute Gasteiger partial charge is 0.162 e. The van der Waals surface area contributed by atoms with Crippen LogP contribution in [-0.4, -0.2) is 29.9 Å². The van der Waals surface area contributed by atoms with E-state index < -0.39 is 0 Å². The Morgan fingerprint density at radius 1 is 1.00 bits per heavy atom. The highest BCUT2D eigenvalue weighted by Gasteiger charge is 2.17. The van der Waals surface area contributed by atoms with Gasteiger partial charge in [0.25, 0.3) is 0 Å². The predicted octanol–water partition coefficient (Wildman–Crippen LogP) is 4.73. The minimum atomic E-state index is -0.114. The molecule has 0 radical (unpaired) electrons. The number of pyridine rings is 2. The molecule has 3 N–H and O–H groups in total. The molecule has 154 valence electrons. The monoisotopic (exact) mass is 430 g/mol. The molecule has 0 saturated carbocycles. The number of imidazole rings is 1. The van der Waals surface area contributed by atoms with Gasteiger partial charge in [-0.05, 0) is 31.2 Å². The van der Waals surface area contributed by atoms with Crippen molar-refractivity contribution in [2.45, 2.75) is 19.5 Å². The minimum Gasteiger partial charge on any atom is -0.364 e. The quantitative estimate of drug-likeness (QED) is 0.357. The summed E-state index contributed by atoms with van der Waals surface area (Å²) in [6, 6.07) is 13.6. The maximum atomic E-state index is 6.41. The lowest BCUT2D eigenvalue weighted by Crippen LogP contribution is -2.13. The Bertz CT molecular complexity index is 1350. The number of para-hydroxylation sites is 1. The second kappa shape index (κ2) is 8.16. The average molecular weight is 431 g/mol. The summed E-state index contributed by atoms with van der Waals surface area (Å²) in [6.45, 7) is 2.60. The van der Waals surface area contributed by atoms with Crippen LogP contribution in [-0.2, 0) is 6.54 Å². The third kappa shape index (κ3) is 3.85. The molecule has 4 aromatic heterocycles. The van der Waals surface area contributed by atoms with Gasteiger partial charge in [-0.1, -0.05) is 29.8 Å². The number of benzene rings is 1. The molecular weight excluding hydrogens is 412 g/mol. The first-order valence-electron chi connectivity index (χ1n) is 9.82. The number of H-pyrrole nitrogens is 1. The van der Waals surface area contributed by atoms with Crippen molar-refractivity contribution in [2.75, 3.05) is 10.6 Å². The van der Waals surface area contributed by atoms with Crippen LogP contribution in [0.5, 0.6) is 0 Å². The van der Waals surface area contributed by atoms with E-state index in [-0.39, 0.29) is 6.04 Å². The van der Waals surface area contributed by atoms with Crippen LogP contribution in [0.3, 0.4) is 0 Å². The topological polar surface area (TPSA) is 104 Å². The number of halogens is 1. The summed E-state index contributed by atoms with van der Waals surface area (Å²) in [7, 11) is 0. The van der Waals surface area contributed by atoms with Crippen molar-refractivity contribution in [3.8, 4) is 0 Å². The molecule has 0 fully saturated rings. The van der Waals surface area contributed by atoms with E-state index in [2.05, 4.69) is 48.5 Å². The number of nitrogens with zero attached hydrogens (tertiary/aromatic N) is 5. The maximum Gasteiger partial charge on any atom is 0.162 e. The molecule has 0 aliphatic rings. The van der Waals surface area contributed by atoms with Crippen LogP contribution in [0.1, 0.15) is 24.2 Å². The van der Waals surface area contributed by atoms with Gasteiger partial charge >= 0.3 is 0 Å². The van der Waals surface area contributed by atoms with Crippen molar-refractivity contribution in [3.05, 3.63) is 77.6 Å². The van der Waals surface area contributed by atoms with E-state index in [0.717, 1.165) is 28.0 Å². The van der Waals surface area contributed by atoms with Crippen molar-refractivity contribution in [1.82, 2.24) is 29.9 Å². The molecule has 31 heavy (non-hydrogen) atoms. The zero-order valence-corrected chi connectivity index (χ0v) is 17.4. The first-order valence-corrected chi connectivity index (χ1v) is 10.2. The van der Waals surface area contributed by atoms with Crippen LogP contribution in [0.15, 0.2) is 61.3 Å². The molecular formula is C22H19ClN8. The minimum absolute atomic E-state index is 0.114. The third-order valence-electron chi connectivity index (χ3n) is 5.03. The number of hydrogen-bond acceptors (Lipinski definition) is 7. The molecule has 0 aliphatic heterocycles. The lowest BCUT2D eigenvalue weighted by molar-refractivity contribution is 0.867. The Hall–Kier alpha value is -3.78. The Morgan fingerprint density at radius 2 is 1.94 bits per heavy atom. The molecule has 5 aromatic rings. The summed E-state index contributed by atoms with van der Waals surface area (Å²) >= 11 is 6.41. The van der Waals surface area contributed by atoms with Crippen LogP contribution in [0.4, 0.5) is 11.6 Å². The van der Waals surface area contributed by atoms with Crippen molar-refractivity contribution >= 4 is 45.3 Å². The van der Waals surface area contributed by atoms with Crippen LogP contribution >= 0.6 is 11.6 Å². The van der Waals surface area contributed by atoms with Gasteiger partial charge in [-0.3, -0.25) is 4.98 Å².